The zero-order valence-electron chi connectivity index (χ0n) is 18.9. The van der Waals surface area contributed by atoms with Crippen LogP contribution < -0.4 is 10.1 Å². The molecule has 2 saturated carbocycles. The first-order valence-corrected chi connectivity index (χ1v) is 11.4. The number of rotatable bonds is 5. The van der Waals surface area contributed by atoms with Gasteiger partial charge >= 0.3 is 0 Å². The highest BCUT2D eigenvalue weighted by molar-refractivity contribution is 5.98. The number of nitrogens with zero attached hydrogens (tertiary/aromatic N) is 3. The van der Waals surface area contributed by atoms with Gasteiger partial charge in [0.1, 0.15) is 12.1 Å². The van der Waals surface area contributed by atoms with Crippen LogP contribution in [0.1, 0.15) is 48.3 Å². The molecular weight excluding hydrogens is 404 g/mol. The van der Waals surface area contributed by atoms with Crippen LogP contribution >= 0.6 is 0 Å². The second-order valence-corrected chi connectivity index (χ2v) is 9.09. The van der Waals surface area contributed by atoms with Crippen LogP contribution in [-0.2, 0) is 4.74 Å². The summed E-state index contributed by atoms with van der Waals surface area (Å²) in [5.74, 6) is 1.67. The van der Waals surface area contributed by atoms with E-state index in [9.17, 15) is 4.79 Å². The molecule has 0 aliphatic heterocycles. The number of carbonyl (C=O) groups excluding carboxylic acids is 1. The van der Waals surface area contributed by atoms with Crippen LogP contribution in [0.4, 0.5) is 0 Å². The van der Waals surface area contributed by atoms with E-state index < -0.39 is 0 Å². The summed E-state index contributed by atoms with van der Waals surface area (Å²) < 4.78 is 13.0. The molecule has 1 unspecified atom stereocenters. The molecule has 2 aliphatic rings. The topological polar surface area (TPSA) is 77.8 Å². The van der Waals surface area contributed by atoms with Crippen molar-refractivity contribution < 1.29 is 14.3 Å². The highest BCUT2D eigenvalue weighted by Gasteiger charge is 2.41. The van der Waals surface area contributed by atoms with Gasteiger partial charge < -0.3 is 14.8 Å². The summed E-state index contributed by atoms with van der Waals surface area (Å²) >= 11 is 0. The molecule has 5 rings (SSSR count). The average Bonchev–Trinajstić information content (AvgIpc) is 3.23. The third-order valence-electron chi connectivity index (χ3n) is 7.14. The Balaban J connectivity index is 1.41. The molecule has 3 aromatic rings. The molecule has 1 amide bonds. The molecule has 1 N–H and O–H groups in total. The van der Waals surface area contributed by atoms with E-state index in [-0.39, 0.29) is 11.9 Å². The number of carbonyl (C=O) groups is 1. The van der Waals surface area contributed by atoms with Gasteiger partial charge in [0, 0.05) is 24.4 Å². The minimum atomic E-state index is -0.152. The number of amides is 1. The summed E-state index contributed by atoms with van der Waals surface area (Å²) in [6, 6.07) is 9.93. The van der Waals surface area contributed by atoms with E-state index in [2.05, 4.69) is 10.3 Å². The number of hydrogen-bond donors (Lipinski definition) is 1. The average molecular weight is 435 g/mol. The summed E-state index contributed by atoms with van der Waals surface area (Å²) in [6.45, 7) is 1.99. The Hall–Kier alpha value is -2.93. The van der Waals surface area contributed by atoms with E-state index >= 15 is 0 Å². The minimum Gasteiger partial charge on any atom is -0.497 e. The first-order chi connectivity index (χ1) is 15.6. The molecule has 168 valence electrons. The molecule has 2 fully saturated rings. The van der Waals surface area contributed by atoms with E-state index in [1.807, 2.05) is 48.8 Å². The Bertz CT molecular complexity index is 1130. The zero-order valence-corrected chi connectivity index (χ0v) is 18.9. The lowest BCUT2D eigenvalue weighted by atomic mass is 9.68. The summed E-state index contributed by atoms with van der Waals surface area (Å²) in [6.07, 6.45) is 7.57. The fourth-order valence-electron chi connectivity index (χ4n) is 5.65. The van der Waals surface area contributed by atoms with Gasteiger partial charge in [-0.3, -0.25) is 9.20 Å². The van der Waals surface area contributed by atoms with Gasteiger partial charge in [-0.1, -0.05) is 18.6 Å². The lowest BCUT2D eigenvalue weighted by Gasteiger charge is -2.45. The normalized spacial score (nSPS) is 25.0. The number of hydrogen-bond acceptors (Lipinski definition) is 5. The summed E-state index contributed by atoms with van der Waals surface area (Å²) in [7, 11) is 3.47. The van der Waals surface area contributed by atoms with E-state index in [1.54, 1.807) is 13.4 Å². The van der Waals surface area contributed by atoms with Crippen molar-refractivity contribution in [3.05, 3.63) is 48.0 Å². The van der Waals surface area contributed by atoms with Crippen LogP contribution in [0.25, 0.3) is 16.9 Å². The standard InChI is InChI=1S/C25H30N4O3/c1-15-10-21(16-6-5-9-20(13-16)31-2)28-24-22(26-14-29(15)24)25(30)27-19-11-17-7-4-8-18(12-19)23(17)32-3/h5-6,9-10,13-14,17-19,23H,4,7-8,11-12H2,1-3H3,(H,27,30)/t17-,18?,19+,23-/m1/s1. The predicted octanol–water partition coefficient (Wildman–Crippen LogP) is 4.04. The van der Waals surface area contributed by atoms with E-state index in [4.69, 9.17) is 14.5 Å². The summed E-state index contributed by atoms with van der Waals surface area (Å²) in [4.78, 5) is 22.5. The molecule has 0 saturated heterocycles. The molecule has 0 spiro atoms. The number of benzene rings is 1. The smallest absolute Gasteiger partial charge is 0.274 e. The van der Waals surface area contributed by atoms with Crippen molar-refractivity contribution in [1.29, 1.82) is 0 Å². The quantitative estimate of drug-likeness (QED) is 0.656. The van der Waals surface area contributed by atoms with Crippen molar-refractivity contribution in [3.63, 3.8) is 0 Å². The third-order valence-corrected chi connectivity index (χ3v) is 7.14. The van der Waals surface area contributed by atoms with E-state index in [1.165, 1.54) is 19.3 Å². The van der Waals surface area contributed by atoms with Gasteiger partial charge in [-0.05, 0) is 62.6 Å². The second-order valence-electron chi connectivity index (χ2n) is 9.09. The molecule has 2 bridgehead atoms. The zero-order chi connectivity index (χ0) is 22.2. The van der Waals surface area contributed by atoms with Crippen molar-refractivity contribution in [2.45, 2.75) is 51.2 Å². The fraction of sp³-hybridized carbons (Fsp3) is 0.480. The Morgan fingerprint density at radius 1 is 1.16 bits per heavy atom. The Labute approximate surface area is 188 Å². The van der Waals surface area contributed by atoms with Crippen molar-refractivity contribution in [2.75, 3.05) is 14.2 Å². The van der Waals surface area contributed by atoms with Crippen LogP contribution in [0.15, 0.2) is 36.7 Å². The Morgan fingerprint density at radius 2 is 1.94 bits per heavy atom. The lowest BCUT2D eigenvalue weighted by molar-refractivity contribution is -0.0533. The van der Waals surface area contributed by atoms with Gasteiger partial charge in [0.05, 0.1) is 18.9 Å². The minimum absolute atomic E-state index is 0.152. The predicted molar refractivity (Wildman–Crippen MR) is 122 cm³/mol. The monoisotopic (exact) mass is 434 g/mol. The van der Waals surface area contributed by atoms with E-state index in [0.717, 1.165) is 35.5 Å². The Morgan fingerprint density at radius 3 is 2.66 bits per heavy atom. The molecule has 2 heterocycles. The first-order valence-electron chi connectivity index (χ1n) is 11.4. The number of fused-ring (bicyclic) bond motifs is 3. The SMILES string of the molecule is COc1cccc(-c2cc(C)n3cnc(C(=O)N[C@@H]4CC5CCC[C@H](C4)[C@H]5OC)c3n2)c1. The lowest BCUT2D eigenvalue weighted by Crippen LogP contribution is -2.49. The van der Waals surface area contributed by atoms with Crippen LogP contribution in [0, 0.1) is 18.8 Å². The third kappa shape index (κ3) is 3.75. The van der Waals surface area contributed by atoms with Gasteiger partial charge in [0.2, 0.25) is 0 Å². The van der Waals surface area contributed by atoms with Crippen molar-refractivity contribution in [2.24, 2.45) is 11.8 Å². The van der Waals surface area contributed by atoms with Gasteiger partial charge in [0.15, 0.2) is 11.3 Å². The molecule has 4 atom stereocenters. The van der Waals surface area contributed by atoms with Gasteiger partial charge in [0.25, 0.3) is 5.91 Å². The molecule has 0 radical (unpaired) electrons. The highest BCUT2D eigenvalue weighted by Crippen LogP contribution is 2.41. The van der Waals surface area contributed by atoms with Gasteiger partial charge in [-0.25, -0.2) is 9.97 Å². The maximum Gasteiger partial charge on any atom is 0.274 e. The van der Waals surface area contributed by atoms with Crippen LogP contribution in [0.3, 0.4) is 0 Å². The molecule has 1 aromatic carbocycles. The fourth-order valence-corrected chi connectivity index (χ4v) is 5.65. The number of ether oxygens (including phenoxy) is 2. The van der Waals surface area contributed by atoms with Crippen molar-refractivity contribution in [3.8, 4) is 17.0 Å². The molecular formula is C25H30N4O3. The molecule has 32 heavy (non-hydrogen) atoms. The largest absolute Gasteiger partial charge is 0.497 e. The van der Waals surface area contributed by atoms with E-state index in [0.29, 0.717) is 29.3 Å². The maximum absolute atomic E-state index is 13.2. The number of methoxy groups -OCH3 is 2. The summed E-state index contributed by atoms with van der Waals surface area (Å²) in [5, 5.41) is 3.25. The van der Waals surface area contributed by atoms with Gasteiger partial charge in [-0.15, -0.1) is 0 Å². The second kappa shape index (κ2) is 8.54. The summed E-state index contributed by atoms with van der Waals surface area (Å²) in [5.41, 5.74) is 3.64. The van der Waals surface area contributed by atoms with Crippen LogP contribution in [0.2, 0.25) is 0 Å². The number of aromatic nitrogens is 3. The molecule has 2 aromatic heterocycles. The number of aryl methyl sites for hydroxylation is 1. The van der Waals surface area contributed by atoms with Crippen LogP contribution in [0.5, 0.6) is 5.75 Å². The maximum atomic E-state index is 13.2. The van der Waals surface area contributed by atoms with Gasteiger partial charge in [-0.2, -0.15) is 0 Å². The molecule has 7 nitrogen and oxygen atoms in total. The van der Waals surface area contributed by atoms with Crippen molar-refractivity contribution >= 4 is 11.6 Å². The van der Waals surface area contributed by atoms with Crippen molar-refractivity contribution in [1.82, 2.24) is 19.7 Å². The molecule has 2 aliphatic carbocycles. The highest BCUT2D eigenvalue weighted by atomic mass is 16.5. The number of imidazole rings is 1. The first kappa shape index (κ1) is 20.9. The Kier molecular flexibility index (Phi) is 5.59. The van der Waals surface area contributed by atoms with Crippen LogP contribution in [-0.4, -0.2) is 46.6 Å². The number of nitrogens with one attached hydrogen (secondary N) is 1. The molecule has 7 heteroatoms.